The van der Waals surface area contributed by atoms with E-state index in [1.54, 1.807) is 0 Å². The van der Waals surface area contributed by atoms with Crippen molar-refractivity contribution in [1.82, 2.24) is 0 Å². The van der Waals surface area contributed by atoms with Crippen LogP contribution in [0, 0.1) is 0 Å². The summed E-state index contributed by atoms with van der Waals surface area (Å²) >= 11 is 0. The number of nitrogens with two attached hydrogens (primary N) is 1. The number of hydrogen-bond acceptors (Lipinski definition) is 2. The maximum Gasteiger partial charge on any atom is 0.331 e. The second-order valence-corrected chi connectivity index (χ2v) is 2.83. The average Bonchev–Trinajstić information content (AvgIpc) is 2.03. The predicted molar refractivity (Wildman–Crippen MR) is 42.2 cm³/mol. The van der Waals surface area contributed by atoms with Crippen LogP contribution in [-0.4, -0.2) is 17.1 Å². The fourth-order valence-electron chi connectivity index (χ4n) is 1.22. The minimum absolute atomic E-state index is 0.0258. The molecule has 0 fully saturated rings. The van der Waals surface area contributed by atoms with Crippen LogP contribution in [0.1, 0.15) is 12.8 Å². The first-order chi connectivity index (χ1) is 6.02. The average molecular weight is 189 g/mol. The molecule has 5 heteroatoms. The van der Waals surface area contributed by atoms with E-state index >= 15 is 0 Å². The third-order valence-electron chi connectivity index (χ3n) is 1.97. The zero-order chi connectivity index (χ0) is 10.0. The number of hydrogen-bond donors (Lipinski definition) is 2. The fourth-order valence-corrected chi connectivity index (χ4v) is 1.22. The highest BCUT2D eigenvalue weighted by atomic mass is 19.3. The monoisotopic (exact) mass is 189 g/mol. The van der Waals surface area contributed by atoms with Crippen molar-refractivity contribution < 1.29 is 18.7 Å². The summed E-state index contributed by atoms with van der Waals surface area (Å²) in [5, 5.41) is 8.55. The van der Waals surface area contributed by atoms with E-state index in [-0.39, 0.29) is 24.0 Å². The number of allylic oxidation sites excluding steroid dienone is 1. The minimum Gasteiger partial charge on any atom is -0.478 e. The van der Waals surface area contributed by atoms with Crippen LogP contribution in [0.5, 0.6) is 0 Å². The van der Waals surface area contributed by atoms with E-state index in [1.807, 2.05) is 0 Å². The Morgan fingerprint density at radius 1 is 1.62 bits per heavy atom. The van der Waals surface area contributed by atoms with Crippen LogP contribution in [0.25, 0.3) is 0 Å². The molecule has 1 aliphatic rings. The van der Waals surface area contributed by atoms with E-state index < -0.39 is 18.1 Å². The number of halogens is 2. The number of carboxylic acids is 1. The molecule has 0 saturated heterocycles. The number of carboxylic acid groups (broad SMARTS) is 1. The highest BCUT2D eigenvalue weighted by Crippen LogP contribution is 2.25. The molecular formula is C8H9F2NO2. The van der Waals surface area contributed by atoms with Crippen molar-refractivity contribution in [2.24, 2.45) is 5.73 Å². The largest absolute Gasteiger partial charge is 0.478 e. The van der Waals surface area contributed by atoms with Gasteiger partial charge >= 0.3 is 5.97 Å². The summed E-state index contributed by atoms with van der Waals surface area (Å²) in [5.74, 6) is -1.09. The van der Waals surface area contributed by atoms with E-state index in [9.17, 15) is 13.6 Å². The van der Waals surface area contributed by atoms with Crippen LogP contribution in [-0.2, 0) is 4.79 Å². The molecule has 0 amide bonds. The zero-order valence-corrected chi connectivity index (χ0v) is 6.76. The van der Waals surface area contributed by atoms with Crippen molar-refractivity contribution in [3.8, 4) is 0 Å². The summed E-state index contributed by atoms with van der Waals surface area (Å²) in [6.45, 7) is 0. The molecule has 0 heterocycles. The van der Waals surface area contributed by atoms with E-state index in [1.165, 1.54) is 6.08 Å². The molecule has 0 bridgehead atoms. The second-order valence-electron chi connectivity index (χ2n) is 2.83. The molecule has 0 aromatic carbocycles. The van der Waals surface area contributed by atoms with Gasteiger partial charge in [-0.15, -0.1) is 0 Å². The van der Waals surface area contributed by atoms with Crippen molar-refractivity contribution in [2.75, 3.05) is 0 Å². The topological polar surface area (TPSA) is 63.3 Å². The summed E-state index contributed by atoms with van der Waals surface area (Å²) in [7, 11) is 0. The maximum absolute atomic E-state index is 12.1. The van der Waals surface area contributed by atoms with Crippen molar-refractivity contribution >= 4 is 5.97 Å². The Morgan fingerprint density at radius 3 is 2.62 bits per heavy atom. The Morgan fingerprint density at radius 2 is 2.23 bits per heavy atom. The molecule has 72 valence electrons. The molecular weight excluding hydrogens is 180 g/mol. The molecule has 0 saturated carbocycles. The molecule has 0 aromatic rings. The first-order valence-electron chi connectivity index (χ1n) is 3.74. The van der Waals surface area contributed by atoms with Gasteiger partial charge in [-0.3, -0.25) is 0 Å². The van der Waals surface area contributed by atoms with Gasteiger partial charge in [-0.05, 0) is 12.8 Å². The van der Waals surface area contributed by atoms with E-state index in [2.05, 4.69) is 0 Å². The van der Waals surface area contributed by atoms with Gasteiger partial charge in [0.05, 0.1) is 0 Å². The molecule has 0 unspecified atom stereocenters. The molecule has 0 aliphatic heterocycles. The van der Waals surface area contributed by atoms with Gasteiger partial charge in [0, 0.05) is 17.2 Å². The van der Waals surface area contributed by atoms with Crippen LogP contribution in [0.3, 0.4) is 0 Å². The molecule has 1 atom stereocenters. The van der Waals surface area contributed by atoms with Gasteiger partial charge in [0.1, 0.15) is 0 Å². The van der Waals surface area contributed by atoms with Crippen molar-refractivity contribution in [3.63, 3.8) is 0 Å². The lowest BCUT2D eigenvalue weighted by atomic mass is 9.91. The molecule has 3 nitrogen and oxygen atoms in total. The predicted octanol–water partition coefficient (Wildman–Crippen LogP) is 1.27. The normalized spacial score (nSPS) is 22.5. The second kappa shape index (κ2) is 3.66. The third-order valence-corrected chi connectivity index (χ3v) is 1.97. The van der Waals surface area contributed by atoms with Crippen molar-refractivity contribution in [1.29, 1.82) is 0 Å². The molecule has 3 N–H and O–H groups in total. The number of rotatable bonds is 1. The quantitative estimate of drug-likeness (QED) is 0.652. The molecule has 0 spiro atoms. The zero-order valence-electron chi connectivity index (χ0n) is 6.76. The Labute approximate surface area is 73.5 Å². The Balaban J connectivity index is 2.87. The molecule has 1 aliphatic carbocycles. The molecule has 13 heavy (non-hydrogen) atoms. The Hall–Kier alpha value is -1.23. The standard InChI is InChI=1S/C8H9F2NO2/c9-7(10)5-2-1-4(8(12)13)3-6(5)11/h1,6H,2-3,11H2,(H,12,13)/t6-/m0/s1. The van der Waals surface area contributed by atoms with Crippen molar-refractivity contribution in [3.05, 3.63) is 23.3 Å². The molecule has 1 rings (SSSR count). The van der Waals surface area contributed by atoms with Gasteiger partial charge < -0.3 is 10.8 Å². The van der Waals surface area contributed by atoms with Gasteiger partial charge in [0.15, 0.2) is 0 Å². The summed E-state index contributed by atoms with van der Waals surface area (Å²) < 4.78 is 24.2. The van der Waals surface area contributed by atoms with Gasteiger partial charge in [0.2, 0.25) is 0 Å². The van der Waals surface area contributed by atoms with Crippen LogP contribution < -0.4 is 5.73 Å². The third kappa shape index (κ3) is 2.12. The van der Waals surface area contributed by atoms with Crippen molar-refractivity contribution in [2.45, 2.75) is 18.9 Å². The summed E-state index contributed by atoms with van der Waals surface area (Å²) in [4.78, 5) is 10.4. The SMILES string of the molecule is N[C@H]1CC(C(=O)O)=CCC1=C(F)F. The fraction of sp³-hybridized carbons (Fsp3) is 0.375. The van der Waals surface area contributed by atoms with Gasteiger partial charge in [-0.1, -0.05) is 6.08 Å². The number of aliphatic carboxylic acids is 1. The van der Waals surface area contributed by atoms with Crippen LogP contribution in [0.15, 0.2) is 23.3 Å². The smallest absolute Gasteiger partial charge is 0.331 e. The van der Waals surface area contributed by atoms with Crippen LogP contribution >= 0.6 is 0 Å². The van der Waals surface area contributed by atoms with Crippen LogP contribution in [0.2, 0.25) is 0 Å². The molecule has 0 aromatic heterocycles. The lowest BCUT2D eigenvalue weighted by molar-refractivity contribution is -0.132. The van der Waals surface area contributed by atoms with E-state index in [4.69, 9.17) is 10.8 Å². The highest BCUT2D eigenvalue weighted by Gasteiger charge is 2.23. The summed E-state index contributed by atoms with van der Waals surface area (Å²) in [6.07, 6.45) is -0.610. The Kier molecular flexibility index (Phi) is 2.77. The molecule has 0 radical (unpaired) electrons. The van der Waals surface area contributed by atoms with Gasteiger partial charge in [0.25, 0.3) is 6.08 Å². The van der Waals surface area contributed by atoms with Gasteiger partial charge in [-0.25, -0.2) is 4.79 Å². The van der Waals surface area contributed by atoms with Gasteiger partial charge in [-0.2, -0.15) is 8.78 Å². The lowest BCUT2D eigenvalue weighted by Gasteiger charge is -2.19. The summed E-state index contributed by atoms with van der Waals surface area (Å²) in [6, 6.07) is -0.860. The van der Waals surface area contributed by atoms with Crippen LogP contribution in [0.4, 0.5) is 8.78 Å². The summed E-state index contributed by atoms with van der Waals surface area (Å²) in [5.41, 5.74) is 5.31. The first-order valence-corrected chi connectivity index (χ1v) is 3.74. The van der Waals surface area contributed by atoms with E-state index in [0.29, 0.717) is 0 Å². The maximum atomic E-state index is 12.1. The number of carbonyl (C=O) groups is 1. The highest BCUT2D eigenvalue weighted by molar-refractivity contribution is 5.87. The minimum atomic E-state index is -1.80. The lowest BCUT2D eigenvalue weighted by Crippen LogP contribution is -2.28. The van der Waals surface area contributed by atoms with E-state index in [0.717, 1.165) is 0 Å². The first kappa shape index (κ1) is 9.85. The Bertz CT molecular complexity index is 293.